The van der Waals surface area contributed by atoms with Crippen LogP contribution >= 0.6 is 0 Å². The van der Waals surface area contributed by atoms with Crippen molar-refractivity contribution in [2.24, 2.45) is 0 Å². The van der Waals surface area contributed by atoms with Crippen LogP contribution in [0.1, 0.15) is 16.8 Å². The average Bonchev–Trinajstić information content (AvgIpc) is 2.40. The third-order valence-electron chi connectivity index (χ3n) is 3.20. The van der Waals surface area contributed by atoms with Crippen molar-refractivity contribution in [2.75, 3.05) is 38.7 Å². The van der Waals surface area contributed by atoms with Gasteiger partial charge in [-0.3, -0.25) is 4.79 Å². The van der Waals surface area contributed by atoms with Gasteiger partial charge >= 0.3 is 0 Å². The number of rotatable bonds is 5. The molecule has 6 heteroatoms. The van der Waals surface area contributed by atoms with Crippen molar-refractivity contribution in [3.8, 4) is 5.75 Å². The Bertz CT molecular complexity index is 528. The lowest BCUT2D eigenvalue weighted by molar-refractivity contribution is -0.858. The van der Waals surface area contributed by atoms with Gasteiger partial charge in [-0.2, -0.15) is 0 Å². The van der Waals surface area contributed by atoms with Crippen molar-refractivity contribution in [1.82, 2.24) is 0 Å². The lowest BCUT2D eigenvalue weighted by Gasteiger charge is -2.29. The maximum atomic E-state index is 11.9. The van der Waals surface area contributed by atoms with E-state index in [2.05, 4.69) is 14.1 Å². The van der Waals surface area contributed by atoms with E-state index in [9.17, 15) is 14.7 Å². The third kappa shape index (κ3) is 3.08. The van der Waals surface area contributed by atoms with Crippen LogP contribution in [0.15, 0.2) is 18.2 Å². The van der Waals surface area contributed by atoms with E-state index in [0.717, 1.165) is 13.0 Å². The minimum Gasteiger partial charge on any atom is -0.545 e. The Kier molecular flexibility index (Phi) is 4.24. The number of amides is 1. The predicted octanol–water partition coefficient (Wildman–Crippen LogP) is -1.69. The van der Waals surface area contributed by atoms with E-state index in [-0.39, 0.29) is 18.1 Å². The van der Waals surface area contributed by atoms with E-state index in [1.165, 1.54) is 17.0 Å². The molecule has 1 amide bonds. The van der Waals surface area contributed by atoms with Crippen LogP contribution in [0.2, 0.25) is 0 Å². The van der Waals surface area contributed by atoms with Crippen LogP contribution in [0.25, 0.3) is 0 Å². The smallest absolute Gasteiger partial charge is 0.265 e. The standard InChI is InChI=1S/C14H18N2O4/c1-15(2)6-3-7-16-11-5-4-10(14(18)19)8-12(11)20-9-13(16)17/h4-5,8H,3,6-7,9H2,1-2H3,(H,18,19). The number of hydrogen-bond donors (Lipinski definition) is 1. The number of nitrogens with zero attached hydrogens (tertiary/aromatic N) is 1. The Morgan fingerprint density at radius 2 is 2.20 bits per heavy atom. The van der Waals surface area contributed by atoms with Crippen LogP contribution in [0.4, 0.5) is 5.69 Å². The molecule has 0 aliphatic carbocycles. The highest BCUT2D eigenvalue weighted by Gasteiger charge is 2.25. The highest BCUT2D eigenvalue weighted by atomic mass is 16.5. The molecule has 1 aromatic rings. The molecule has 20 heavy (non-hydrogen) atoms. The average molecular weight is 278 g/mol. The summed E-state index contributed by atoms with van der Waals surface area (Å²) in [6, 6.07) is 4.43. The number of carboxylic acid groups (broad SMARTS) is 1. The van der Waals surface area contributed by atoms with Gasteiger partial charge in [-0.1, -0.05) is 6.07 Å². The van der Waals surface area contributed by atoms with Crippen molar-refractivity contribution in [2.45, 2.75) is 6.42 Å². The Balaban J connectivity index is 2.18. The first-order valence-corrected chi connectivity index (χ1v) is 6.56. The summed E-state index contributed by atoms with van der Waals surface area (Å²) in [6.45, 7) is 1.50. The SMILES string of the molecule is C[NH+](C)CCCN1C(=O)COc2cc(C(=O)[O-])ccc21. The Morgan fingerprint density at radius 1 is 1.45 bits per heavy atom. The molecule has 1 N–H and O–H groups in total. The molecule has 0 saturated heterocycles. The summed E-state index contributed by atoms with van der Waals surface area (Å²) in [5, 5.41) is 10.8. The second-order valence-electron chi connectivity index (χ2n) is 5.11. The molecule has 0 bridgehead atoms. The molecule has 2 rings (SSSR count). The molecule has 1 aliphatic heterocycles. The molecular formula is C14H18N2O4. The topological polar surface area (TPSA) is 74.1 Å². The highest BCUT2D eigenvalue weighted by Crippen LogP contribution is 2.32. The number of carboxylic acids is 1. The summed E-state index contributed by atoms with van der Waals surface area (Å²) in [4.78, 5) is 25.7. The number of nitrogens with one attached hydrogen (secondary N) is 1. The van der Waals surface area contributed by atoms with Gasteiger partial charge in [-0.05, 0) is 12.1 Å². The second kappa shape index (κ2) is 5.92. The molecule has 0 radical (unpaired) electrons. The molecule has 0 spiro atoms. The van der Waals surface area contributed by atoms with Crippen LogP contribution in [0, 0.1) is 0 Å². The number of fused-ring (bicyclic) bond motifs is 1. The fourth-order valence-electron chi connectivity index (χ4n) is 2.17. The number of ether oxygens (including phenoxy) is 1. The van der Waals surface area contributed by atoms with Gasteiger partial charge in [0.1, 0.15) is 5.75 Å². The summed E-state index contributed by atoms with van der Waals surface area (Å²) in [5.41, 5.74) is 0.677. The first kappa shape index (κ1) is 14.3. The molecule has 0 saturated carbocycles. The molecule has 0 aromatic heterocycles. The van der Waals surface area contributed by atoms with Gasteiger partial charge in [0.2, 0.25) is 0 Å². The zero-order valence-electron chi connectivity index (χ0n) is 11.6. The molecule has 0 atom stereocenters. The van der Waals surface area contributed by atoms with Gasteiger partial charge in [0.25, 0.3) is 5.91 Å². The van der Waals surface area contributed by atoms with E-state index in [1.54, 1.807) is 11.0 Å². The Labute approximate surface area is 117 Å². The minimum atomic E-state index is -1.25. The number of carbonyl (C=O) groups excluding carboxylic acids is 2. The van der Waals surface area contributed by atoms with Gasteiger partial charge in [-0.25, -0.2) is 0 Å². The molecule has 108 valence electrons. The number of aromatic carboxylic acids is 1. The zero-order chi connectivity index (χ0) is 14.7. The Morgan fingerprint density at radius 3 is 2.85 bits per heavy atom. The number of hydrogen-bond acceptors (Lipinski definition) is 4. The van der Waals surface area contributed by atoms with E-state index in [4.69, 9.17) is 4.74 Å². The number of carbonyl (C=O) groups is 2. The molecule has 0 unspecified atom stereocenters. The summed E-state index contributed by atoms with van der Waals surface area (Å²) in [6.07, 6.45) is 0.871. The number of benzene rings is 1. The van der Waals surface area contributed by atoms with Crippen molar-refractivity contribution >= 4 is 17.6 Å². The summed E-state index contributed by atoms with van der Waals surface area (Å²) < 4.78 is 5.30. The maximum absolute atomic E-state index is 11.9. The second-order valence-corrected chi connectivity index (χ2v) is 5.11. The third-order valence-corrected chi connectivity index (χ3v) is 3.20. The lowest BCUT2D eigenvalue weighted by atomic mass is 10.1. The van der Waals surface area contributed by atoms with Crippen molar-refractivity contribution in [3.63, 3.8) is 0 Å². The molecule has 0 fully saturated rings. The van der Waals surface area contributed by atoms with Crippen molar-refractivity contribution in [3.05, 3.63) is 23.8 Å². The summed E-state index contributed by atoms with van der Waals surface area (Å²) >= 11 is 0. The van der Waals surface area contributed by atoms with Crippen LogP contribution in [-0.2, 0) is 4.79 Å². The fourth-order valence-corrected chi connectivity index (χ4v) is 2.17. The largest absolute Gasteiger partial charge is 0.545 e. The molecule has 1 aliphatic rings. The van der Waals surface area contributed by atoms with Crippen LogP contribution in [0.5, 0.6) is 5.75 Å². The van der Waals surface area contributed by atoms with Gasteiger partial charge in [-0.15, -0.1) is 0 Å². The van der Waals surface area contributed by atoms with E-state index in [0.29, 0.717) is 18.0 Å². The van der Waals surface area contributed by atoms with Gasteiger partial charge in [0, 0.05) is 18.5 Å². The lowest BCUT2D eigenvalue weighted by Crippen LogP contribution is -3.05. The molecule has 6 nitrogen and oxygen atoms in total. The molecule has 1 aromatic carbocycles. The predicted molar refractivity (Wildman–Crippen MR) is 70.9 cm³/mol. The van der Waals surface area contributed by atoms with Crippen molar-refractivity contribution < 1.29 is 24.3 Å². The van der Waals surface area contributed by atoms with E-state index < -0.39 is 5.97 Å². The van der Waals surface area contributed by atoms with E-state index in [1.807, 2.05) is 0 Å². The normalized spacial score (nSPS) is 14.2. The van der Waals surface area contributed by atoms with E-state index >= 15 is 0 Å². The molecule has 1 heterocycles. The number of quaternary nitrogens is 1. The first-order valence-electron chi connectivity index (χ1n) is 6.56. The summed E-state index contributed by atoms with van der Waals surface area (Å²) in [5.74, 6) is -0.938. The quantitative estimate of drug-likeness (QED) is 0.697. The van der Waals surface area contributed by atoms with Crippen LogP contribution in [-0.4, -0.2) is 45.7 Å². The number of anilines is 1. The minimum absolute atomic E-state index is 0.0517. The van der Waals surface area contributed by atoms with Crippen LogP contribution in [0.3, 0.4) is 0 Å². The first-order chi connectivity index (χ1) is 9.49. The zero-order valence-corrected chi connectivity index (χ0v) is 11.6. The Hall–Kier alpha value is -2.08. The molecular weight excluding hydrogens is 260 g/mol. The van der Waals surface area contributed by atoms with Gasteiger partial charge < -0.3 is 24.4 Å². The summed E-state index contributed by atoms with van der Waals surface area (Å²) in [7, 11) is 4.11. The van der Waals surface area contributed by atoms with Gasteiger partial charge in [0.05, 0.1) is 32.3 Å². The van der Waals surface area contributed by atoms with Gasteiger partial charge in [0.15, 0.2) is 6.61 Å². The highest BCUT2D eigenvalue weighted by molar-refractivity contribution is 5.99. The maximum Gasteiger partial charge on any atom is 0.265 e. The monoisotopic (exact) mass is 278 g/mol. The van der Waals surface area contributed by atoms with Crippen LogP contribution < -0.4 is 19.6 Å². The fraction of sp³-hybridized carbons (Fsp3) is 0.429. The van der Waals surface area contributed by atoms with Crippen molar-refractivity contribution in [1.29, 1.82) is 0 Å².